The molecule has 0 atom stereocenters. The maximum Gasteiger partial charge on any atom is 0.336 e. The van der Waals surface area contributed by atoms with Crippen LogP contribution in [0.5, 0.6) is 5.75 Å². The van der Waals surface area contributed by atoms with Crippen molar-refractivity contribution in [3.8, 4) is 16.9 Å². The van der Waals surface area contributed by atoms with Crippen molar-refractivity contribution in [1.82, 2.24) is 0 Å². The second-order valence-electron chi connectivity index (χ2n) is 4.99. The van der Waals surface area contributed by atoms with E-state index in [1.54, 1.807) is 25.5 Å². The largest absolute Gasteiger partial charge is 0.496 e. The Hall–Kier alpha value is -3.01. The van der Waals surface area contributed by atoms with Crippen LogP contribution in [0.4, 0.5) is 0 Å². The third kappa shape index (κ3) is 1.89. The summed E-state index contributed by atoms with van der Waals surface area (Å²) in [6, 6.07) is 14.6. The molecular formula is C18H12O4. The van der Waals surface area contributed by atoms with E-state index in [1.807, 2.05) is 30.3 Å². The first kappa shape index (κ1) is 12.7. The van der Waals surface area contributed by atoms with E-state index < -0.39 is 0 Å². The van der Waals surface area contributed by atoms with Crippen LogP contribution in [0.15, 0.2) is 68.4 Å². The molecular weight excluding hydrogens is 280 g/mol. The van der Waals surface area contributed by atoms with Crippen LogP contribution in [0.1, 0.15) is 0 Å². The van der Waals surface area contributed by atoms with Crippen molar-refractivity contribution >= 4 is 21.9 Å². The highest BCUT2D eigenvalue weighted by atomic mass is 16.5. The SMILES string of the molecule is COc1ccccc1-c1coc2cc3oc(=O)ccc3cc12. The highest BCUT2D eigenvalue weighted by Crippen LogP contribution is 2.37. The van der Waals surface area contributed by atoms with Gasteiger partial charge in [-0.15, -0.1) is 0 Å². The van der Waals surface area contributed by atoms with Gasteiger partial charge in [0, 0.05) is 34.0 Å². The Morgan fingerprint density at radius 2 is 1.82 bits per heavy atom. The Labute approximate surface area is 125 Å². The van der Waals surface area contributed by atoms with E-state index in [0.29, 0.717) is 11.2 Å². The number of furan rings is 1. The van der Waals surface area contributed by atoms with Gasteiger partial charge in [-0.05, 0) is 18.2 Å². The molecule has 4 nitrogen and oxygen atoms in total. The first-order valence-electron chi connectivity index (χ1n) is 6.85. The third-order valence-corrected chi connectivity index (χ3v) is 3.71. The molecule has 2 heterocycles. The summed E-state index contributed by atoms with van der Waals surface area (Å²) in [5, 5.41) is 1.80. The predicted octanol–water partition coefficient (Wildman–Crippen LogP) is 4.21. The van der Waals surface area contributed by atoms with Crippen LogP contribution in [0, 0.1) is 0 Å². The van der Waals surface area contributed by atoms with Crippen LogP contribution < -0.4 is 10.4 Å². The summed E-state index contributed by atoms with van der Waals surface area (Å²) in [5.41, 5.74) is 2.72. The van der Waals surface area contributed by atoms with Crippen LogP contribution in [0.25, 0.3) is 33.1 Å². The number of methoxy groups -OCH3 is 1. The third-order valence-electron chi connectivity index (χ3n) is 3.71. The zero-order valence-corrected chi connectivity index (χ0v) is 11.8. The van der Waals surface area contributed by atoms with Crippen molar-refractivity contribution in [2.24, 2.45) is 0 Å². The minimum absolute atomic E-state index is 0.372. The lowest BCUT2D eigenvalue weighted by atomic mass is 10.0. The van der Waals surface area contributed by atoms with Gasteiger partial charge in [-0.25, -0.2) is 4.79 Å². The van der Waals surface area contributed by atoms with Gasteiger partial charge in [0.1, 0.15) is 16.9 Å². The molecule has 4 heteroatoms. The molecule has 2 aromatic carbocycles. The van der Waals surface area contributed by atoms with Gasteiger partial charge in [-0.3, -0.25) is 0 Å². The zero-order chi connectivity index (χ0) is 15.1. The fraction of sp³-hybridized carbons (Fsp3) is 0.0556. The number of benzene rings is 2. The molecule has 0 radical (unpaired) electrons. The molecule has 0 aliphatic carbocycles. The molecule has 0 N–H and O–H groups in total. The quantitative estimate of drug-likeness (QED) is 0.519. The Bertz CT molecular complexity index is 1040. The molecule has 22 heavy (non-hydrogen) atoms. The molecule has 0 amide bonds. The van der Waals surface area contributed by atoms with E-state index in [1.165, 1.54) is 6.07 Å². The molecule has 4 rings (SSSR count). The molecule has 108 valence electrons. The lowest BCUT2D eigenvalue weighted by molar-refractivity contribution is 0.416. The average molecular weight is 292 g/mol. The van der Waals surface area contributed by atoms with Gasteiger partial charge in [-0.1, -0.05) is 18.2 Å². The fourth-order valence-corrected chi connectivity index (χ4v) is 2.67. The highest BCUT2D eigenvalue weighted by Gasteiger charge is 2.13. The van der Waals surface area contributed by atoms with Crippen molar-refractivity contribution in [2.45, 2.75) is 0 Å². The fourth-order valence-electron chi connectivity index (χ4n) is 2.67. The molecule has 0 bridgehead atoms. The number of hydrogen-bond acceptors (Lipinski definition) is 4. The van der Waals surface area contributed by atoms with E-state index in [0.717, 1.165) is 27.6 Å². The van der Waals surface area contributed by atoms with Gasteiger partial charge in [-0.2, -0.15) is 0 Å². The molecule has 0 aliphatic heterocycles. The molecule has 0 fully saturated rings. The number of fused-ring (bicyclic) bond motifs is 2. The highest BCUT2D eigenvalue weighted by molar-refractivity contribution is 6.02. The molecule has 4 aromatic rings. The van der Waals surface area contributed by atoms with Crippen molar-refractivity contribution < 1.29 is 13.6 Å². The van der Waals surface area contributed by atoms with Crippen molar-refractivity contribution in [3.05, 3.63) is 65.2 Å². The van der Waals surface area contributed by atoms with Gasteiger partial charge in [0.25, 0.3) is 0 Å². The van der Waals surface area contributed by atoms with E-state index in [2.05, 4.69) is 0 Å². The summed E-state index contributed by atoms with van der Waals surface area (Å²) in [6.07, 6.45) is 1.69. The van der Waals surface area contributed by atoms with Crippen LogP contribution in [0.2, 0.25) is 0 Å². The first-order valence-corrected chi connectivity index (χ1v) is 6.85. The molecule has 0 unspecified atom stereocenters. The Kier molecular flexibility index (Phi) is 2.76. The lowest BCUT2D eigenvalue weighted by Gasteiger charge is -2.06. The summed E-state index contributed by atoms with van der Waals surface area (Å²) in [7, 11) is 1.64. The monoisotopic (exact) mass is 292 g/mol. The van der Waals surface area contributed by atoms with E-state index in [-0.39, 0.29) is 5.63 Å². The summed E-state index contributed by atoms with van der Waals surface area (Å²) in [5.74, 6) is 0.782. The Morgan fingerprint density at radius 1 is 0.955 bits per heavy atom. The smallest absolute Gasteiger partial charge is 0.336 e. The van der Waals surface area contributed by atoms with Crippen molar-refractivity contribution in [2.75, 3.05) is 7.11 Å². The minimum atomic E-state index is -0.372. The van der Waals surface area contributed by atoms with E-state index in [9.17, 15) is 4.79 Å². The van der Waals surface area contributed by atoms with Crippen molar-refractivity contribution in [3.63, 3.8) is 0 Å². The maximum atomic E-state index is 11.3. The van der Waals surface area contributed by atoms with Gasteiger partial charge in [0.05, 0.1) is 13.4 Å². The molecule has 0 spiro atoms. The molecule has 0 saturated carbocycles. The van der Waals surface area contributed by atoms with Gasteiger partial charge in [0.15, 0.2) is 0 Å². The van der Waals surface area contributed by atoms with E-state index >= 15 is 0 Å². The zero-order valence-electron chi connectivity index (χ0n) is 11.8. The standard InChI is InChI=1S/C18H12O4/c1-20-15-5-3-2-4-12(15)14-10-21-17-9-16-11(8-13(14)17)6-7-18(19)22-16/h2-10H,1H3. The maximum absolute atomic E-state index is 11.3. The molecule has 0 saturated heterocycles. The summed E-state index contributed by atoms with van der Waals surface area (Å²) < 4.78 is 16.2. The second-order valence-corrected chi connectivity index (χ2v) is 4.99. The van der Waals surface area contributed by atoms with Gasteiger partial charge in [0.2, 0.25) is 0 Å². The Balaban J connectivity index is 2.03. The second kappa shape index (κ2) is 4.77. The van der Waals surface area contributed by atoms with Gasteiger partial charge >= 0.3 is 5.63 Å². The predicted molar refractivity (Wildman–Crippen MR) is 84.2 cm³/mol. The summed E-state index contributed by atoms with van der Waals surface area (Å²) in [4.78, 5) is 11.3. The number of para-hydroxylation sites is 1. The number of rotatable bonds is 2. The molecule has 0 aliphatic rings. The normalized spacial score (nSPS) is 11.1. The van der Waals surface area contributed by atoms with E-state index in [4.69, 9.17) is 13.6 Å². The molecule has 2 aromatic heterocycles. The topological polar surface area (TPSA) is 52.6 Å². The van der Waals surface area contributed by atoms with Crippen LogP contribution in [0.3, 0.4) is 0 Å². The first-order chi connectivity index (χ1) is 10.8. The number of ether oxygens (including phenoxy) is 1. The lowest BCUT2D eigenvalue weighted by Crippen LogP contribution is -1.93. The van der Waals surface area contributed by atoms with Crippen LogP contribution >= 0.6 is 0 Å². The minimum Gasteiger partial charge on any atom is -0.496 e. The number of hydrogen-bond donors (Lipinski definition) is 0. The van der Waals surface area contributed by atoms with Crippen LogP contribution in [-0.4, -0.2) is 7.11 Å². The summed E-state index contributed by atoms with van der Waals surface area (Å²) in [6.45, 7) is 0. The summed E-state index contributed by atoms with van der Waals surface area (Å²) >= 11 is 0. The van der Waals surface area contributed by atoms with Crippen molar-refractivity contribution in [1.29, 1.82) is 0 Å². The van der Waals surface area contributed by atoms with Crippen LogP contribution in [-0.2, 0) is 0 Å². The Morgan fingerprint density at radius 3 is 2.68 bits per heavy atom. The average Bonchev–Trinajstić information content (AvgIpc) is 2.95. The van der Waals surface area contributed by atoms with Gasteiger partial charge < -0.3 is 13.6 Å².